The summed E-state index contributed by atoms with van der Waals surface area (Å²) in [5.41, 5.74) is 0.245. The number of nitrogens with one attached hydrogen (secondary N) is 1. The van der Waals surface area contributed by atoms with E-state index in [-0.39, 0.29) is 17.1 Å². The SMILES string of the molecule is C=C(/C=C(\C=C/C)C(=O)O)C(=O)NCC1CCCCCCC1. The molecule has 0 bridgehead atoms. The van der Waals surface area contributed by atoms with Gasteiger partial charge in [-0.15, -0.1) is 0 Å². The summed E-state index contributed by atoms with van der Waals surface area (Å²) in [5.74, 6) is -0.826. The van der Waals surface area contributed by atoms with E-state index in [0.29, 0.717) is 12.5 Å². The Bertz CT molecular complexity index is 455. The van der Waals surface area contributed by atoms with Crippen molar-refractivity contribution in [2.24, 2.45) is 5.92 Å². The highest BCUT2D eigenvalue weighted by Gasteiger charge is 2.14. The van der Waals surface area contributed by atoms with Gasteiger partial charge in [0.15, 0.2) is 0 Å². The average molecular weight is 305 g/mol. The van der Waals surface area contributed by atoms with Crippen LogP contribution in [0.2, 0.25) is 0 Å². The lowest BCUT2D eigenvalue weighted by Gasteiger charge is -2.20. The molecule has 0 heterocycles. The molecule has 1 aliphatic rings. The van der Waals surface area contributed by atoms with Crippen molar-refractivity contribution in [1.29, 1.82) is 0 Å². The lowest BCUT2D eigenvalue weighted by molar-refractivity contribution is -0.132. The highest BCUT2D eigenvalue weighted by molar-refractivity contribution is 5.99. The molecule has 4 nitrogen and oxygen atoms in total. The summed E-state index contributed by atoms with van der Waals surface area (Å²) >= 11 is 0. The maximum Gasteiger partial charge on any atom is 0.335 e. The van der Waals surface area contributed by atoms with Crippen LogP contribution in [0.4, 0.5) is 0 Å². The van der Waals surface area contributed by atoms with Gasteiger partial charge in [0.25, 0.3) is 5.91 Å². The Morgan fingerprint density at radius 3 is 2.32 bits per heavy atom. The van der Waals surface area contributed by atoms with Gasteiger partial charge in [-0.1, -0.05) is 50.8 Å². The third kappa shape index (κ3) is 6.74. The predicted molar refractivity (Wildman–Crippen MR) is 88.5 cm³/mol. The first-order valence-electron chi connectivity index (χ1n) is 8.09. The number of hydrogen-bond acceptors (Lipinski definition) is 2. The van der Waals surface area contributed by atoms with Crippen molar-refractivity contribution in [1.82, 2.24) is 5.32 Å². The van der Waals surface area contributed by atoms with Gasteiger partial charge in [-0.3, -0.25) is 4.79 Å². The molecule has 0 aromatic heterocycles. The zero-order valence-electron chi connectivity index (χ0n) is 13.4. The molecule has 0 spiro atoms. The summed E-state index contributed by atoms with van der Waals surface area (Å²) in [5, 5.41) is 11.9. The highest BCUT2D eigenvalue weighted by Crippen LogP contribution is 2.21. The first kappa shape index (κ1) is 18.2. The second-order valence-corrected chi connectivity index (χ2v) is 5.85. The topological polar surface area (TPSA) is 66.4 Å². The molecule has 0 aliphatic heterocycles. The van der Waals surface area contributed by atoms with E-state index in [1.54, 1.807) is 13.0 Å². The fourth-order valence-corrected chi connectivity index (χ4v) is 2.71. The Morgan fingerprint density at radius 2 is 1.77 bits per heavy atom. The molecule has 0 aromatic carbocycles. The number of carboxylic acid groups (broad SMARTS) is 1. The van der Waals surface area contributed by atoms with Crippen LogP contribution in [0.1, 0.15) is 51.9 Å². The minimum Gasteiger partial charge on any atom is -0.478 e. The van der Waals surface area contributed by atoms with E-state index in [9.17, 15) is 9.59 Å². The number of carbonyl (C=O) groups excluding carboxylic acids is 1. The molecule has 122 valence electrons. The van der Waals surface area contributed by atoms with E-state index in [4.69, 9.17) is 5.11 Å². The molecule has 2 N–H and O–H groups in total. The second kappa shape index (κ2) is 9.98. The summed E-state index contributed by atoms with van der Waals surface area (Å²) in [6.07, 6.45) is 13.0. The van der Waals surface area contributed by atoms with Crippen molar-refractivity contribution in [2.45, 2.75) is 51.9 Å². The van der Waals surface area contributed by atoms with Crippen LogP contribution in [0.15, 0.2) is 36.0 Å². The van der Waals surface area contributed by atoms with Crippen LogP contribution in [-0.2, 0) is 9.59 Å². The van der Waals surface area contributed by atoms with Crippen molar-refractivity contribution in [3.05, 3.63) is 36.0 Å². The van der Waals surface area contributed by atoms with E-state index in [1.165, 1.54) is 44.3 Å². The van der Waals surface area contributed by atoms with Gasteiger partial charge in [0.2, 0.25) is 0 Å². The van der Waals surface area contributed by atoms with Crippen LogP contribution in [-0.4, -0.2) is 23.5 Å². The van der Waals surface area contributed by atoms with Crippen LogP contribution < -0.4 is 5.32 Å². The van der Waals surface area contributed by atoms with Gasteiger partial charge in [-0.2, -0.15) is 0 Å². The summed E-state index contributed by atoms with van der Waals surface area (Å²) in [4.78, 5) is 23.1. The molecule has 4 heteroatoms. The zero-order chi connectivity index (χ0) is 16.4. The zero-order valence-corrected chi connectivity index (χ0v) is 13.4. The molecule has 1 amide bonds. The van der Waals surface area contributed by atoms with Crippen LogP contribution in [0, 0.1) is 5.92 Å². The van der Waals surface area contributed by atoms with Gasteiger partial charge in [0.05, 0.1) is 5.57 Å². The summed E-state index contributed by atoms with van der Waals surface area (Å²) in [6, 6.07) is 0. The normalized spacial score (nSPS) is 17.8. The van der Waals surface area contributed by atoms with Gasteiger partial charge in [-0.25, -0.2) is 4.79 Å². The van der Waals surface area contributed by atoms with Gasteiger partial charge >= 0.3 is 5.97 Å². The lowest BCUT2D eigenvalue weighted by Crippen LogP contribution is -2.30. The van der Waals surface area contributed by atoms with Crippen molar-refractivity contribution in [3.63, 3.8) is 0 Å². The fourth-order valence-electron chi connectivity index (χ4n) is 2.71. The van der Waals surface area contributed by atoms with E-state index in [1.807, 2.05) is 0 Å². The van der Waals surface area contributed by atoms with Crippen LogP contribution >= 0.6 is 0 Å². The van der Waals surface area contributed by atoms with Crippen LogP contribution in [0.25, 0.3) is 0 Å². The number of hydrogen-bond donors (Lipinski definition) is 2. The highest BCUT2D eigenvalue weighted by atomic mass is 16.4. The number of carbonyl (C=O) groups is 2. The minimum atomic E-state index is -1.06. The molecular weight excluding hydrogens is 278 g/mol. The minimum absolute atomic E-state index is 0.0635. The Morgan fingerprint density at radius 1 is 1.18 bits per heavy atom. The van der Waals surface area contributed by atoms with Gasteiger partial charge in [0.1, 0.15) is 0 Å². The second-order valence-electron chi connectivity index (χ2n) is 5.85. The summed E-state index contributed by atoms with van der Waals surface area (Å²) in [6.45, 7) is 6.05. The number of carboxylic acids is 1. The Hall–Kier alpha value is -1.84. The molecule has 1 saturated carbocycles. The monoisotopic (exact) mass is 305 g/mol. The van der Waals surface area contributed by atoms with Crippen LogP contribution in [0.5, 0.6) is 0 Å². The van der Waals surface area contributed by atoms with Crippen molar-refractivity contribution < 1.29 is 14.7 Å². The van der Waals surface area contributed by atoms with Crippen LogP contribution in [0.3, 0.4) is 0 Å². The standard InChI is InChI=1S/C18H27NO3/c1-3-9-16(18(21)22)12-14(2)17(20)19-13-15-10-7-5-4-6-8-11-15/h3,9,12,15H,2,4-8,10-11,13H2,1H3,(H,19,20)(H,21,22)/b9-3-,16-12+. The summed E-state index contributed by atoms with van der Waals surface area (Å²) < 4.78 is 0. The first-order valence-corrected chi connectivity index (χ1v) is 8.09. The number of aliphatic carboxylic acids is 1. The smallest absolute Gasteiger partial charge is 0.335 e. The molecule has 1 aliphatic carbocycles. The molecule has 0 atom stereocenters. The fraction of sp³-hybridized carbons (Fsp3) is 0.556. The van der Waals surface area contributed by atoms with Crippen molar-refractivity contribution >= 4 is 11.9 Å². The summed E-state index contributed by atoms with van der Waals surface area (Å²) in [7, 11) is 0. The molecule has 0 radical (unpaired) electrons. The average Bonchev–Trinajstić information content (AvgIpc) is 2.45. The third-order valence-electron chi connectivity index (χ3n) is 3.99. The third-order valence-corrected chi connectivity index (χ3v) is 3.99. The Labute approximate surface area is 133 Å². The van der Waals surface area contributed by atoms with Gasteiger partial charge in [0, 0.05) is 12.1 Å². The maximum atomic E-state index is 12.0. The Balaban J connectivity index is 2.51. The molecule has 22 heavy (non-hydrogen) atoms. The number of amides is 1. The van der Waals surface area contributed by atoms with E-state index in [2.05, 4.69) is 11.9 Å². The van der Waals surface area contributed by atoms with Gasteiger partial charge < -0.3 is 10.4 Å². The van der Waals surface area contributed by atoms with Crippen molar-refractivity contribution in [3.8, 4) is 0 Å². The Kier molecular flexibility index (Phi) is 8.26. The number of allylic oxidation sites excluding steroid dienone is 1. The molecule has 1 fully saturated rings. The lowest BCUT2D eigenvalue weighted by atomic mass is 9.91. The first-order chi connectivity index (χ1) is 10.5. The molecule has 0 saturated heterocycles. The van der Waals surface area contributed by atoms with Crippen molar-refractivity contribution in [2.75, 3.05) is 6.54 Å². The molecular formula is C18H27NO3. The van der Waals surface area contributed by atoms with E-state index >= 15 is 0 Å². The van der Waals surface area contributed by atoms with E-state index in [0.717, 1.165) is 12.8 Å². The molecule has 0 unspecified atom stereocenters. The predicted octanol–water partition coefficient (Wildman–Crippen LogP) is 3.61. The number of rotatable bonds is 6. The molecule has 0 aromatic rings. The maximum absolute atomic E-state index is 12.0. The quantitative estimate of drug-likeness (QED) is 0.582. The largest absolute Gasteiger partial charge is 0.478 e. The van der Waals surface area contributed by atoms with E-state index < -0.39 is 5.97 Å². The van der Waals surface area contributed by atoms with Gasteiger partial charge in [-0.05, 0) is 31.8 Å². The molecule has 1 rings (SSSR count).